The van der Waals surface area contributed by atoms with Crippen molar-refractivity contribution in [2.24, 2.45) is 0 Å². The molecule has 1 aliphatic heterocycles. The predicted molar refractivity (Wildman–Crippen MR) is 81.8 cm³/mol. The van der Waals surface area contributed by atoms with E-state index in [9.17, 15) is 5.11 Å². The van der Waals surface area contributed by atoms with Crippen molar-refractivity contribution >= 4 is 0 Å². The van der Waals surface area contributed by atoms with Gasteiger partial charge in [-0.1, -0.05) is 17.3 Å². The van der Waals surface area contributed by atoms with Crippen LogP contribution in [0.3, 0.4) is 0 Å². The average molecular weight is 319 g/mol. The Bertz CT molecular complexity index is 646. The molecule has 0 amide bonds. The van der Waals surface area contributed by atoms with Crippen LogP contribution in [-0.4, -0.2) is 47.0 Å². The molecule has 1 fully saturated rings. The molecule has 1 N–H and O–H groups in total. The lowest BCUT2D eigenvalue weighted by atomic mass is 10.0. The highest BCUT2D eigenvalue weighted by Gasteiger charge is 2.33. The topological polar surface area (TPSA) is 80.9 Å². The molecule has 0 spiro atoms. The first-order chi connectivity index (χ1) is 11.2. The standard InChI is InChI=1S/C16H21N3O4/c1-21-10-16-17-15(18-23-16)9-19-8-12(20)7-14(19)11-4-3-5-13(6-11)22-2/h3-6,12,14,20H,7-10H2,1-2H3. The highest BCUT2D eigenvalue weighted by molar-refractivity contribution is 5.31. The van der Waals surface area contributed by atoms with Gasteiger partial charge in [-0.2, -0.15) is 4.98 Å². The highest BCUT2D eigenvalue weighted by Crippen LogP contribution is 2.34. The molecule has 1 aliphatic rings. The molecular weight excluding hydrogens is 298 g/mol. The Hall–Kier alpha value is -1.96. The van der Waals surface area contributed by atoms with Crippen LogP contribution in [0, 0.1) is 0 Å². The second-order valence-corrected chi connectivity index (χ2v) is 5.65. The summed E-state index contributed by atoms with van der Waals surface area (Å²) in [5.41, 5.74) is 1.11. The van der Waals surface area contributed by atoms with Crippen molar-refractivity contribution in [3.05, 3.63) is 41.5 Å². The Labute approximate surface area is 134 Å². The van der Waals surface area contributed by atoms with Gasteiger partial charge in [-0.15, -0.1) is 0 Å². The Balaban J connectivity index is 1.76. The summed E-state index contributed by atoms with van der Waals surface area (Å²) in [5.74, 6) is 1.87. The van der Waals surface area contributed by atoms with Gasteiger partial charge in [0, 0.05) is 19.7 Å². The first kappa shape index (κ1) is 15.9. The summed E-state index contributed by atoms with van der Waals surface area (Å²) in [5, 5.41) is 14.0. The van der Waals surface area contributed by atoms with E-state index in [-0.39, 0.29) is 12.1 Å². The van der Waals surface area contributed by atoms with E-state index in [1.165, 1.54) is 0 Å². The number of hydrogen-bond acceptors (Lipinski definition) is 7. The number of aliphatic hydroxyl groups is 1. The maximum Gasteiger partial charge on any atom is 0.252 e. The Morgan fingerprint density at radius 1 is 1.39 bits per heavy atom. The van der Waals surface area contributed by atoms with Crippen molar-refractivity contribution in [1.29, 1.82) is 0 Å². The lowest BCUT2D eigenvalue weighted by Crippen LogP contribution is -2.25. The van der Waals surface area contributed by atoms with E-state index < -0.39 is 0 Å². The number of rotatable bonds is 6. The Morgan fingerprint density at radius 3 is 3.04 bits per heavy atom. The van der Waals surface area contributed by atoms with E-state index in [1.807, 2.05) is 24.3 Å². The summed E-state index contributed by atoms with van der Waals surface area (Å²) in [6, 6.07) is 8.02. The number of nitrogens with zero attached hydrogens (tertiary/aromatic N) is 3. The highest BCUT2D eigenvalue weighted by atomic mass is 16.5. The molecule has 7 heteroatoms. The molecular formula is C16H21N3O4. The molecule has 2 aromatic rings. The fraction of sp³-hybridized carbons (Fsp3) is 0.500. The summed E-state index contributed by atoms with van der Waals surface area (Å²) >= 11 is 0. The summed E-state index contributed by atoms with van der Waals surface area (Å²) in [6.45, 7) is 1.40. The molecule has 7 nitrogen and oxygen atoms in total. The molecule has 1 aromatic carbocycles. The monoisotopic (exact) mass is 319 g/mol. The smallest absolute Gasteiger partial charge is 0.252 e. The van der Waals surface area contributed by atoms with Crippen LogP contribution in [-0.2, 0) is 17.9 Å². The van der Waals surface area contributed by atoms with Gasteiger partial charge < -0.3 is 19.1 Å². The van der Waals surface area contributed by atoms with Crippen LogP contribution in [0.2, 0.25) is 0 Å². The van der Waals surface area contributed by atoms with E-state index in [0.29, 0.717) is 37.8 Å². The normalized spacial score (nSPS) is 21.7. The zero-order valence-electron chi connectivity index (χ0n) is 13.3. The van der Waals surface area contributed by atoms with Crippen molar-refractivity contribution in [1.82, 2.24) is 15.0 Å². The van der Waals surface area contributed by atoms with E-state index in [2.05, 4.69) is 15.0 Å². The minimum atomic E-state index is -0.364. The molecule has 2 atom stereocenters. The van der Waals surface area contributed by atoms with Crippen LogP contribution in [0.5, 0.6) is 5.75 Å². The molecule has 0 bridgehead atoms. The van der Waals surface area contributed by atoms with Crippen molar-refractivity contribution in [2.45, 2.75) is 31.7 Å². The lowest BCUT2D eigenvalue weighted by molar-refractivity contribution is 0.151. The van der Waals surface area contributed by atoms with Crippen LogP contribution in [0.1, 0.15) is 29.7 Å². The van der Waals surface area contributed by atoms with Gasteiger partial charge >= 0.3 is 0 Å². The van der Waals surface area contributed by atoms with Crippen LogP contribution < -0.4 is 4.74 Å². The summed E-state index contributed by atoms with van der Waals surface area (Å²) in [4.78, 5) is 6.45. The number of hydrogen-bond donors (Lipinski definition) is 1. The fourth-order valence-electron chi connectivity index (χ4n) is 2.97. The van der Waals surface area contributed by atoms with Gasteiger partial charge in [0.1, 0.15) is 12.4 Å². The number of methoxy groups -OCH3 is 2. The number of aromatic nitrogens is 2. The Morgan fingerprint density at radius 2 is 2.26 bits per heavy atom. The first-order valence-corrected chi connectivity index (χ1v) is 7.56. The van der Waals surface area contributed by atoms with Crippen LogP contribution >= 0.6 is 0 Å². The maximum absolute atomic E-state index is 10.1. The SMILES string of the molecule is COCc1nc(CN2CC(O)CC2c2cccc(OC)c2)no1. The number of β-amino-alcohol motifs (C(OH)–C–C–N with tert-alkyl or cyclic N) is 1. The van der Waals surface area contributed by atoms with Gasteiger partial charge in [0.15, 0.2) is 5.82 Å². The number of aliphatic hydroxyl groups excluding tert-OH is 1. The molecule has 0 radical (unpaired) electrons. The molecule has 23 heavy (non-hydrogen) atoms. The lowest BCUT2D eigenvalue weighted by Gasteiger charge is -2.23. The molecule has 1 saturated heterocycles. The van der Waals surface area contributed by atoms with Crippen molar-refractivity contribution in [3.63, 3.8) is 0 Å². The summed E-state index contributed by atoms with van der Waals surface area (Å²) in [6.07, 6.45) is 0.312. The van der Waals surface area contributed by atoms with E-state index in [4.69, 9.17) is 14.0 Å². The zero-order valence-corrected chi connectivity index (χ0v) is 13.3. The largest absolute Gasteiger partial charge is 0.497 e. The minimum absolute atomic E-state index is 0.101. The van der Waals surface area contributed by atoms with E-state index in [1.54, 1.807) is 14.2 Å². The van der Waals surface area contributed by atoms with Gasteiger partial charge in [0.25, 0.3) is 5.89 Å². The number of benzene rings is 1. The van der Waals surface area contributed by atoms with Crippen molar-refractivity contribution in [2.75, 3.05) is 20.8 Å². The first-order valence-electron chi connectivity index (χ1n) is 7.56. The van der Waals surface area contributed by atoms with Crippen LogP contribution in [0.15, 0.2) is 28.8 Å². The minimum Gasteiger partial charge on any atom is -0.497 e. The van der Waals surface area contributed by atoms with Crippen LogP contribution in [0.25, 0.3) is 0 Å². The Kier molecular flexibility index (Phi) is 4.90. The van der Waals surface area contributed by atoms with Crippen molar-refractivity contribution in [3.8, 4) is 5.75 Å². The zero-order chi connectivity index (χ0) is 16.2. The number of likely N-dealkylation sites (tertiary alicyclic amines) is 1. The quantitative estimate of drug-likeness (QED) is 0.864. The van der Waals surface area contributed by atoms with Crippen LogP contribution in [0.4, 0.5) is 0 Å². The second kappa shape index (κ2) is 7.08. The van der Waals surface area contributed by atoms with Gasteiger partial charge in [-0.3, -0.25) is 4.90 Å². The third kappa shape index (κ3) is 3.69. The van der Waals surface area contributed by atoms with Gasteiger partial charge in [0.2, 0.25) is 0 Å². The number of ether oxygens (including phenoxy) is 2. The molecule has 0 aliphatic carbocycles. The molecule has 1 aromatic heterocycles. The average Bonchev–Trinajstić information content (AvgIpc) is 3.15. The third-order valence-corrected chi connectivity index (χ3v) is 3.98. The molecule has 2 heterocycles. The van der Waals surface area contributed by atoms with Crippen molar-refractivity contribution < 1.29 is 19.1 Å². The molecule has 3 rings (SSSR count). The molecule has 0 saturated carbocycles. The van der Waals surface area contributed by atoms with Gasteiger partial charge in [-0.25, -0.2) is 0 Å². The predicted octanol–water partition coefficient (Wildman–Crippen LogP) is 1.53. The molecule has 2 unspecified atom stereocenters. The maximum atomic E-state index is 10.1. The summed E-state index contributed by atoms with van der Waals surface area (Å²) in [7, 11) is 3.23. The fourth-order valence-corrected chi connectivity index (χ4v) is 2.97. The van der Waals surface area contributed by atoms with Gasteiger partial charge in [-0.05, 0) is 24.1 Å². The van der Waals surface area contributed by atoms with Gasteiger partial charge in [0.05, 0.1) is 19.8 Å². The molecule has 124 valence electrons. The van der Waals surface area contributed by atoms with E-state index >= 15 is 0 Å². The summed E-state index contributed by atoms with van der Waals surface area (Å²) < 4.78 is 15.4. The second-order valence-electron chi connectivity index (χ2n) is 5.65. The van der Waals surface area contributed by atoms with E-state index in [0.717, 1.165) is 11.3 Å². The third-order valence-electron chi connectivity index (χ3n) is 3.98.